The molecule has 1 aliphatic heterocycles. The predicted molar refractivity (Wildman–Crippen MR) is 126 cm³/mol. The molecule has 9 heteroatoms. The summed E-state index contributed by atoms with van der Waals surface area (Å²) in [6, 6.07) is 13.2. The maximum absolute atomic E-state index is 14.0. The minimum atomic E-state index is -0.699. The number of rotatable bonds is 4. The average molecular weight is 541 g/mol. The number of fused-ring (bicyclic) bond motifs is 2. The van der Waals surface area contributed by atoms with Crippen molar-refractivity contribution in [1.29, 1.82) is 0 Å². The highest BCUT2D eigenvalue weighted by atomic mass is 127. The van der Waals surface area contributed by atoms with Crippen molar-refractivity contribution in [2.24, 2.45) is 0 Å². The molecule has 160 valence electrons. The molecule has 7 nitrogen and oxygen atoms in total. The van der Waals surface area contributed by atoms with E-state index in [2.05, 4.69) is 37.7 Å². The number of nitrogen functional groups attached to an aromatic ring is 1. The van der Waals surface area contributed by atoms with Gasteiger partial charge in [0.05, 0.1) is 11.3 Å². The van der Waals surface area contributed by atoms with Gasteiger partial charge in [-0.3, -0.25) is 0 Å². The normalized spacial score (nSPS) is 16.5. The SMILES string of the molecule is CC(C1=C(c2ccccc2)C(C=O)c2cc(F)ccc2O1)n1nc(I)c2c(N)ncnc21. The van der Waals surface area contributed by atoms with E-state index in [9.17, 15) is 9.18 Å². The van der Waals surface area contributed by atoms with Crippen LogP contribution in [0.3, 0.4) is 0 Å². The Bertz CT molecular complexity index is 1390. The van der Waals surface area contributed by atoms with Crippen molar-refractivity contribution in [1.82, 2.24) is 19.7 Å². The molecule has 0 amide bonds. The van der Waals surface area contributed by atoms with E-state index >= 15 is 0 Å². The third kappa shape index (κ3) is 3.24. The summed E-state index contributed by atoms with van der Waals surface area (Å²) in [7, 11) is 0. The fraction of sp³-hybridized carbons (Fsp3) is 0.130. The maximum Gasteiger partial charge on any atom is 0.165 e. The van der Waals surface area contributed by atoms with Crippen molar-refractivity contribution in [2.75, 3.05) is 5.73 Å². The third-order valence-electron chi connectivity index (χ3n) is 5.55. The lowest BCUT2D eigenvalue weighted by atomic mass is 9.83. The number of aldehydes is 1. The molecule has 2 N–H and O–H groups in total. The lowest BCUT2D eigenvalue weighted by molar-refractivity contribution is -0.108. The van der Waals surface area contributed by atoms with E-state index < -0.39 is 17.8 Å². The zero-order valence-electron chi connectivity index (χ0n) is 16.9. The fourth-order valence-electron chi connectivity index (χ4n) is 4.06. The van der Waals surface area contributed by atoms with Crippen molar-refractivity contribution < 1.29 is 13.9 Å². The van der Waals surface area contributed by atoms with Gasteiger partial charge in [0.2, 0.25) is 0 Å². The van der Waals surface area contributed by atoms with Gasteiger partial charge in [-0.2, -0.15) is 5.10 Å². The summed E-state index contributed by atoms with van der Waals surface area (Å²) in [5.41, 5.74) is 8.57. The molecule has 0 radical (unpaired) electrons. The summed E-state index contributed by atoms with van der Waals surface area (Å²) in [5.74, 6) is 0.180. The largest absolute Gasteiger partial charge is 0.459 e. The quantitative estimate of drug-likeness (QED) is 0.302. The van der Waals surface area contributed by atoms with E-state index in [-0.39, 0.29) is 0 Å². The number of aromatic nitrogens is 4. The molecular weight excluding hydrogens is 524 g/mol. The Kier molecular flexibility index (Phi) is 5.12. The second-order valence-electron chi connectivity index (χ2n) is 7.41. The lowest BCUT2D eigenvalue weighted by Crippen LogP contribution is -2.23. The van der Waals surface area contributed by atoms with Gasteiger partial charge in [-0.05, 0) is 53.3 Å². The van der Waals surface area contributed by atoms with Gasteiger partial charge in [-0.1, -0.05) is 30.3 Å². The zero-order valence-corrected chi connectivity index (χ0v) is 19.0. The van der Waals surface area contributed by atoms with Crippen LogP contribution in [-0.4, -0.2) is 26.0 Å². The van der Waals surface area contributed by atoms with Crippen LogP contribution in [0.15, 0.2) is 60.6 Å². The molecule has 32 heavy (non-hydrogen) atoms. The van der Waals surface area contributed by atoms with Gasteiger partial charge in [0, 0.05) is 11.1 Å². The van der Waals surface area contributed by atoms with Gasteiger partial charge < -0.3 is 15.3 Å². The van der Waals surface area contributed by atoms with E-state index in [1.807, 2.05) is 37.3 Å². The third-order valence-corrected chi connectivity index (χ3v) is 6.30. The summed E-state index contributed by atoms with van der Waals surface area (Å²) in [4.78, 5) is 20.8. The number of allylic oxidation sites excluding steroid dienone is 2. The molecule has 0 aliphatic carbocycles. The van der Waals surface area contributed by atoms with Crippen LogP contribution in [0.25, 0.3) is 16.6 Å². The number of nitrogens with zero attached hydrogens (tertiary/aromatic N) is 4. The van der Waals surface area contributed by atoms with Gasteiger partial charge in [-0.25, -0.2) is 19.0 Å². The van der Waals surface area contributed by atoms with Crippen LogP contribution in [-0.2, 0) is 4.79 Å². The maximum atomic E-state index is 14.0. The average Bonchev–Trinajstić information content (AvgIpc) is 3.15. The van der Waals surface area contributed by atoms with Crippen LogP contribution in [0.1, 0.15) is 30.0 Å². The lowest BCUT2D eigenvalue weighted by Gasteiger charge is -2.31. The van der Waals surface area contributed by atoms with E-state index in [1.165, 1.54) is 18.5 Å². The molecule has 0 fully saturated rings. The highest BCUT2D eigenvalue weighted by Crippen LogP contribution is 2.46. The van der Waals surface area contributed by atoms with E-state index in [4.69, 9.17) is 10.5 Å². The summed E-state index contributed by atoms with van der Waals surface area (Å²) >= 11 is 2.09. The van der Waals surface area contributed by atoms with Crippen LogP contribution in [0.5, 0.6) is 5.75 Å². The number of hydrogen-bond acceptors (Lipinski definition) is 6. The molecule has 2 aromatic heterocycles. The van der Waals surface area contributed by atoms with E-state index in [0.717, 1.165) is 11.8 Å². The van der Waals surface area contributed by atoms with Gasteiger partial charge in [-0.15, -0.1) is 0 Å². The first-order valence-corrected chi connectivity index (χ1v) is 10.9. The smallest absolute Gasteiger partial charge is 0.165 e. The Morgan fingerprint density at radius 1 is 1.22 bits per heavy atom. The second kappa shape index (κ2) is 7.97. The van der Waals surface area contributed by atoms with Crippen LogP contribution >= 0.6 is 22.6 Å². The molecule has 4 aromatic rings. The number of carbonyl (C=O) groups excluding carboxylic acids is 1. The monoisotopic (exact) mass is 541 g/mol. The highest BCUT2D eigenvalue weighted by molar-refractivity contribution is 14.1. The standard InChI is InChI=1S/C23H17FIN5O2/c1-12(30-23-19(21(25)29-30)22(26)27-11-28-23)20-18(13-5-3-2-4-6-13)16(10-31)15-9-14(24)7-8-17(15)32-20/h2-12,16H,1H3,(H2,26,27,28). The zero-order chi connectivity index (χ0) is 22.4. The summed E-state index contributed by atoms with van der Waals surface area (Å²) in [6.45, 7) is 1.91. The molecule has 0 saturated heterocycles. The summed E-state index contributed by atoms with van der Waals surface area (Å²) < 4.78 is 22.7. The number of carbonyl (C=O) groups is 1. The van der Waals surface area contributed by atoms with Crippen molar-refractivity contribution in [3.63, 3.8) is 0 Å². The minimum absolute atomic E-state index is 0.339. The number of hydrogen-bond donors (Lipinski definition) is 1. The number of nitrogens with two attached hydrogens (primary N) is 1. The second-order valence-corrected chi connectivity index (χ2v) is 8.43. The molecular formula is C23H17FIN5O2. The van der Waals surface area contributed by atoms with E-state index in [1.54, 1.807) is 10.7 Å². The Morgan fingerprint density at radius 2 is 2.00 bits per heavy atom. The number of halogens is 2. The molecule has 1 aliphatic rings. The van der Waals surface area contributed by atoms with Crippen LogP contribution in [0.4, 0.5) is 10.2 Å². The molecule has 2 aromatic carbocycles. The van der Waals surface area contributed by atoms with Crippen molar-refractivity contribution in [2.45, 2.75) is 18.9 Å². The van der Waals surface area contributed by atoms with Crippen LogP contribution in [0.2, 0.25) is 0 Å². The predicted octanol–water partition coefficient (Wildman–Crippen LogP) is 4.50. The first-order chi connectivity index (χ1) is 15.5. The highest BCUT2D eigenvalue weighted by Gasteiger charge is 2.35. The number of ether oxygens (including phenoxy) is 1. The first-order valence-electron chi connectivity index (χ1n) is 9.86. The van der Waals surface area contributed by atoms with Gasteiger partial charge in [0.1, 0.15) is 45.5 Å². The summed E-state index contributed by atoms with van der Waals surface area (Å²) in [6.07, 6.45) is 2.21. The molecule has 2 atom stereocenters. The van der Waals surface area contributed by atoms with Crippen LogP contribution < -0.4 is 10.5 Å². The first kappa shape index (κ1) is 20.6. The molecule has 0 spiro atoms. The minimum Gasteiger partial charge on any atom is -0.459 e. The molecule has 2 unspecified atom stereocenters. The van der Waals surface area contributed by atoms with Crippen LogP contribution in [0, 0.1) is 9.52 Å². The van der Waals surface area contributed by atoms with Crippen molar-refractivity contribution >= 4 is 51.3 Å². The van der Waals surface area contributed by atoms with E-state index in [0.29, 0.717) is 43.2 Å². The van der Waals surface area contributed by atoms with Gasteiger partial charge >= 0.3 is 0 Å². The number of benzene rings is 2. The molecule has 0 saturated carbocycles. The fourth-order valence-corrected chi connectivity index (χ4v) is 4.81. The van der Waals surface area contributed by atoms with Gasteiger partial charge in [0.25, 0.3) is 0 Å². The Morgan fingerprint density at radius 3 is 2.75 bits per heavy atom. The van der Waals surface area contributed by atoms with Gasteiger partial charge in [0.15, 0.2) is 5.65 Å². The summed E-state index contributed by atoms with van der Waals surface area (Å²) in [5, 5.41) is 5.29. The Hall–Kier alpha value is -3.34. The Balaban J connectivity index is 1.76. The van der Waals surface area contributed by atoms with Crippen molar-refractivity contribution in [3.8, 4) is 5.75 Å². The molecule has 3 heterocycles. The Labute approximate surface area is 196 Å². The number of anilines is 1. The van der Waals surface area contributed by atoms with Crippen molar-refractivity contribution in [3.05, 3.63) is 81.3 Å². The molecule has 5 rings (SSSR count). The molecule has 0 bridgehead atoms. The topological polar surface area (TPSA) is 95.9 Å².